The number of hydrogen-bond acceptors (Lipinski definition) is 2. The third-order valence-electron chi connectivity index (χ3n) is 9.41. The van der Waals surface area contributed by atoms with E-state index in [1.54, 1.807) is 0 Å². The van der Waals surface area contributed by atoms with Crippen molar-refractivity contribution in [2.24, 2.45) is 0 Å². The Morgan fingerprint density at radius 2 is 0.917 bits per heavy atom. The van der Waals surface area contributed by atoms with Crippen LogP contribution in [-0.4, -0.2) is 9.13 Å². The fraction of sp³-hybridized carbons (Fsp3) is 0. The van der Waals surface area contributed by atoms with Gasteiger partial charge in [-0.25, -0.2) is 0 Å². The molecule has 4 nitrogen and oxygen atoms in total. The molecule has 0 aliphatic heterocycles. The van der Waals surface area contributed by atoms with Crippen molar-refractivity contribution >= 4 is 43.6 Å². The van der Waals surface area contributed by atoms with Crippen LogP contribution >= 0.6 is 0 Å². The summed E-state index contributed by atoms with van der Waals surface area (Å²) in [6, 6.07) is 58.8. The summed E-state index contributed by atoms with van der Waals surface area (Å²) < 4.78 is 4.50. The van der Waals surface area contributed by atoms with Gasteiger partial charge in [-0.05, 0) is 65.7 Å². The molecule has 48 heavy (non-hydrogen) atoms. The van der Waals surface area contributed by atoms with Crippen LogP contribution in [0.2, 0.25) is 0 Å². The molecule has 9 rings (SSSR count). The van der Waals surface area contributed by atoms with Crippen LogP contribution in [0.5, 0.6) is 0 Å². The maximum absolute atomic E-state index is 10.5. The van der Waals surface area contributed by atoms with E-state index in [0.29, 0.717) is 11.1 Å². The van der Waals surface area contributed by atoms with E-state index < -0.39 is 0 Å². The highest BCUT2D eigenvalue weighted by Crippen LogP contribution is 2.43. The normalized spacial score (nSPS) is 11.3. The van der Waals surface area contributed by atoms with Crippen LogP contribution in [0.3, 0.4) is 0 Å². The van der Waals surface area contributed by atoms with Crippen LogP contribution in [0.15, 0.2) is 158 Å². The van der Waals surface area contributed by atoms with Gasteiger partial charge in [0.15, 0.2) is 0 Å². The Bertz CT molecular complexity index is 2750. The van der Waals surface area contributed by atoms with Crippen LogP contribution < -0.4 is 0 Å². The minimum atomic E-state index is 0.564. The quantitative estimate of drug-likeness (QED) is 0.199. The highest BCUT2D eigenvalue weighted by molar-refractivity contribution is 6.12. The summed E-state index contributed by atoms with van der Waals surface area (Å²) in [4.78, 5) is 0. The van der Waals surface area contributed by atoms with Crippen molar-refractivity contribution in [3.63, 3.8) is 0 Å². The van der Waals surface area contributed by atoms with Gasteiger partial charge in [-0.15, -0.1) is 0 Å². The molecule has 4 heteroatoms. The lowest BCUT2D eigenvalue weighted by Crippen LogP contribution is -2.02. The van der Waals surface area contributed by atoms with Gasteiger partial charge in [0.1, 0.15) is 6.07 Å². The second-order valence-electron chi connectivity index (χ2n) is 11.9. The molecule has 7 aromatic carbocycles. The lowest BCUT2D eigenvalue weighted by atomic mass is 9.88. The van der Waals surface area contributed by atoms with E-state index in [0.717, 1.165) is 77.2 Å². The molecule has 0 radical (unpaired) electrons. The zero-order valence-corrected chi connectivity index (χ0v) is 25.8. The average Bonchev–Trinajstić information content (AvgIpc) is 3.67. The van der Waals surface area contributed by atoms with Crippen molar-refractivity contribution in [2.75, 3.05) is 0 Å². The molecule has 0 saturated carbocycles. The van der Waals surface area contributed by atoms with Crippen molar-refractivity contribution < 1.29 is 0 Å². The molecule has 0 aliphatic rings. The second-order valence-corrected chi connectivity index (χ2v) is 11.9. The van der Waals surface area contributed by atoms with E-state index in [4.69, 9.17) is 0 Å². The lowest BCUT2D eigenvalue weighted by Gasteiger charge is -2.19. The number of hydrogen-bond donors (Lipinski definition) is 0. The Morgan fingerprint density at radius 1 is 0.396 bits per heavy atom. The summed E-state index contributed by atoms with van der Waals surface area (Å²) in [5, 5.41) is 25.5. The molecule has 0 saturated heterocycles. The van der Waals surface area contributed by atoms with E-state index in [2.05, 4.69) is 137 Å². The van der Waals surface area contributed by atoms with Crippen molar-refractivity contribution in [1.29, 1.82) is 10.5 Å². The zero-order chi connectivity index (χ0) is 32.2. The fourth-order valence-corrected chi connectivity index (χ4v) is 7.42. The predicted octanol–water partition coefficient (Wildman–Crippen LogP) is 11.0. The van der Waals surface area contributed by atoms with E-state index in [1.807, 2.05) is 42.5 Å². The van der Waals surface area contributed by atoms with Crippen LogP contribution in [0.4, 0.5) is 0 Å². The Hall–Kier alpha value is -6.88. The van der Waals surface area contributed by atoms with E-state index in [1.165, 1.54) is 0 Å². The van der Waals surface area contributed by atoms with Gasteiger partial charge in [-0.3, -0.25) is 0 Å². The first-order chi connectivity index (χ1) is 23.8. The van der Waals surface area contributed by atoms with E-state index >= 15 is 0 Å². The monoisotopic (exact) mass is 610 g/mol. The van der Waals surface area contributed by atoms with Gasteiger partial charge in [0.25, 0.3) is 0 Å². The topological polar surface area (TPSA) is 57.4 Å². The van der Waals surface area contributed by atoms with Crippen molar-refractivity contribution in [3.05, 3.63) is 169 Å². The Morgan fingerprint density at radius 3 is 1.56 bits per heavy atom. The molecule has 2 heterocycles. The van der Waals surface area contributed by atoms with E-state index in [-0.39, 0.29) is 0 Å². The van der Waals surface area contributed by atoms with Gasteiger partial charge in [0.2, 0.25) is 0 Å². The number of benzene rings is 7. The van der Waals surface area contributed by atoms with Gasteiger partial charge >= 0.3 is 0 Å². The lowest BCUT2D eigenvalue weighted by molar-refractivity contribution is 1.17. The third-order valence-corrected chi connectivity index (χ3v) is 9.41. The predicted molar refractivity (Wildman–Crippen MR) is 195 cm³/mol. The maximum atomic E-state index is 10.5. The number of nitriles is 2. The van der Waals surface area contributed by atoms with Crippen LogP contribution in [0, 0.1) is 22.7 Å². The third kappa shape index (κ3) is 4.01. The largest absolute Gasteiger partial charge is 0.309 e. The molecule has 222 valence electrons. The van der Waals surface area contributed by atoms with Gasteiger partial charge in [-0.2, -0.15) is 10.5 Å². The van der Waals surface area contributed by atoms with Crippen molar-refractivity contribution in [3.8, 4) is 45.8 Å². The summed E-state index contributed by atoms with van der Waals surface area (Å²) in [6.07, 6.45) is 0. The Labute approximate surface area is 277 Å². The fourth-order valence-electron chi connectivity index (χ4n) is 7.42. The minimum absolute atomic E-state index is 0.564. The summed E-state index contributed by atoms with van der Waals surface area (Å²) in [6.45, 7) is 0. The van der Waals surface area contributed by atoms with E-state index in [9.17, 15) is 10.5 Å². The molecule has 0 unspecified atom stereocenters. The first-order valence-corrected chi connectivity index (χ1v) is 15.9. The summed E-state index contributed by atoms with van der Waals surface area (Å²) >= 11 is 0. The molecule has 0 bridgehead atoms. The first-order valence-electron chi connectivity index (χ1n) is 15.9. The van der Waals surface area contributed by atoms with Crippen LogP contribution in [-0.2, 0) is 0 Å². The summed E-state index contributed by atoms with van der Waals surface area (Å²) in [5.74, 6) is 0. The second kappa shape index (κ2) is 10.9. The molecular formula is C44H26N4. The minimum Gasteiger partial charge on any atom is -0.309 e. The molecule has 0 N–H and O–H groups in total. The van der Waals surface area contributed by atoms with Crippen LogP contribution in [0.1, 0.15) is 11.1 Å². The van der Waals surface area contributed by atoms with Gasteiger partial charge in [-0.1, -0.05) is 103 Å². The van der Waals surface area contributed by atoms with Gasteiger partial charge in [0, 0.05) is 38.4 Å². The summed E-state index contributed by atoms with van der Waals surface area (Å²) in [5.41, 5.74) is 10.9. The van der Waals surface area contributed by atoms with Crippen LogP contribution in [0.25, 0.3) is 77.2 Å². The zero-order valence-electron chi connectivity index (χ0n) is 25.8. The van der Waals surface area contributed by atoms with Crippen molar-refractivity contribution in [1.82, 2.24) is 9.13 Å². The number of para-hydroxylation sites is 5. The van der Waals surface area contributed by atoms with Gasteiger partial charge in [0.05, 0.1) is 45.0 Å². The molecular weight excluding hydrogens is 585 g/mol. The number of fused-ring (bicyclic) bond motifs is 6. The number of rotatable bonds is 4. The molecule has 9 aromatic rings. The average molecular weight is 611 g/mol. The maximum Gasteiger partial charge on any atom is 0.101 e. The Kier molecular flexibility index (Phi) is 6.22. The molecule has 0 fully saturated rings. The molecule has 0 amide bonds. The molecule has 0 atom stereocenters. The highest BCUT2D eigenvalue weighted by Gasteiger charge is 2.22. The SMILES string of the molecule is N#Cc1cccc(-c2cccc(C#N)c2-n2c3ccccc3c3ccccc32)c1-c1ccc2c(c1)c1ccccc1n2-c1ccccc1. The highest BCUT2D eigenvalue weighted by atomic mass is 15.0. The first kappa shape index (κ1) is 27.4. The molecule has 2 aromatic heterocycles. The Balaban J connectivity index is 1.35. The van der Waals surface area contributed by atoms with Crippen molar-refractivity contribution in [2.45, 2.75) is 0 Å². The standard InChI is InChI=1S/C44H26N4/c45-27-30-12-10-19-36(37-20-11-13-31(28-46)44(37)48-40-22-8-4-16-33(40)34-17-5-9-23-41(34)48)43(30)29-24-25-42-38(26-29)35-18-6-7-21-39(35)47(42)32-14-2-1-3-15-32/h1-26H. The summed E-state index contributed by atoms with van der Waals surface area (Å²) in [7, 11) is 0. The van der Waals surface area contributed by atoms with Gasteiger partial charge < -0.3 is 9.13 Å². The smallest absolute Gasteiger partial charge is 0.101 e. The number of aromatic nitrogens is 2. The molecule has 0 aliphatic carbocycles. The molecule has 0 spiro atoms. The number of nitrogens with zero attached hydrogens (tertiary/aromatic N) is 4.